The van der Waals surface area contributed by atoms with Crippen molar-refractivity contribution in [2.45, 2.75) is 19.8 Å². The molecule has 1 aliphatic rings. The van der Waals surface area contributed by atoms with Crippen molar-refractivity contribution >= 4 is 17.6 Å². The first-order valence-corrected chi connectivity index (χ1v) is 6.83. The Kier molecular flexibility index (Phi) is 4.35. The summed E-state index contributed by atoms with van der Waals surface area (Å²) in [5.74, 6) is -2.00. The molecule has 3 unspecified atom stereocenters. The van der Waals surface area contributed by atoms with E-state index in [1.165, 1.54) is 19.2 Å². The first-order valence-electron chi connectivity index (χ1n) is 6.83. The summed E-state index contributed by atoms with van der Waals surface area (Å²) < 4.78 is 4.93. The van der Waals surface area contributed by atoms with Crippen molar-refractivity contribution in [2.24, 2.45) is 17.8 Å². The summed E-state index contributed by atoms with van der Waals surface area (Å²) in [7, 11) is 1.44. The number of aromatic hydroxyl groups is 1. The summed E-state index contributed by atoms with van der Waals surface area (Å²) in [5.41, 5.74) is 0.419. The fourth-order valence-corrected chi connectivity index (χ4v) is 2.86. The molecule has 1 aromatic carbocycles. The van der Waals surface area contributed by atoms with Gasteiger partial charge in [-0.15, -0.1) is 0 Å². The van der Waals surface area contributed by atoms with Gasteiger partial charge in [-0.25, -0.2) is 0 Å². The van der Waals surface area contributed by atoms with E-state index < -0.39 is 17.8 Å². The molecular formula is C15H19NO5. The van der Waals surface area contributed by atoms with Gasteiger partial charge in [0, 0.05) is 11.8 Å². The molecule has 1 amide bonds. The van der Waals surface area contributed by atoms with Gasteiger partial charge in [0.1, 0.15) is 0 Å². The van der Waals surface area contributed by atoms with E-state index in [4.69, 9.17) is 4.74 Å². The van der Waals surface area contributed by atoms with Crippen LogP contribution in [0, 0.1) is 17.8 Å². The first kappa shape index (κ1) is 15.2. The van der Waals surface area contributed by atoms with Gasteiger partial charge >= 0.3 is 5.97 Å². The molecule has 21 heavy (non-hydrogen) atoms. The minimum Gasteiger partial charge on any atom is -0.504 e. The highest BCUT2D eigenvalue weighted by Gasteiger charge is 2.41. The normalized spacial score (nSPS) is 24.6. The largest absolute Gasteiger partial charge is 0.504 e. The fraction of sp³-hybridized carbons (Fsp3) is 0.467. The van der Waals surface area contributed by atoms with E-state index in [9.17, 15) is 19.8 Å². The van der Waals surface area contributed by atoms with Crippen LogP contribution in [0.4, 0.5) is 5.69 Å². The number of carbonyl (C=O) groups excluding carboxylic acids is 1. The Bertz CT molecular complexity index is 557. The number of benzene rings is 1. The Hall–Kier alpha value is -2.24. The smallest absolute Gasteiger partial charge is 0.307 e. The Labute approximate surface area is 122 Å². The molecule has 0 aromatic heterocycles. The second kappa shape index (κ2) is 6.03. The molecule has 0 radical (unpaired) electrons. The predicted molar refractivity (Wildman–Crippen MR) is 76.3 cm³/mol. The summed E-state index contributed by atoms with van der Waals surface area (Å²) in [6, 6.07) is 4.52. The molecule has 1 aromatic rings. The molecule has 1 aliphatic carbocycles. The van der Waals surface area contributed by atoms with Gasteiger partial charge in [0.15, 0.2) is 11.5 Å². The number of anilines is 1. The van der Waals surface area contributed by atoms with Crippen LogP contribution in [0.5, 0.6) is 11.5 Å². The molecular weight excluding hydrogens is 274 g/mol. The molecule has 0 spiro atoms. The lowest BCUT2D eigenvalue weighted by atomic mass is 9.95. The number of carboxylic acid groups (broad SMARTS) is 1. The number of aliphatic carboxylic acids is 1. The quantitative estimate of drug-likeness (QED) is 0.790. The third-order valence-corrected chi connectivity index (χ3v) is 3.90. The highest BCUT2D eigenvalue weighted by Crippen LogP contribution is 2.37. The van der Waals surface area contributed by atoms with Crippen LogP contribution in [0.1, 0.15) is 19.8 Å². The third kappa shape index (κ3) is 3.26. The van der Waals surface area contributed by atoms with Gasteiger partial charge in [0.05, 0.1) is 18.9 Å². The highest BCUT2D eigenvalue weighted by atomic mass is 16.5. The zero-order valence-corrected chi connectivity index (χ0v) is 12.0. The molecule has 6 heteroatoms. The summed E-state index contributed by atoms with van der Waals surface area (Å²) in [6.45, 7) is 1.95. The van der Waals surface area contributed by atoms with E-state index in [0.717, 1.165) is 0 Å². The van der Waals surface area contributed by atoms with Crippen LogP contribution < -0.4 is 10.1 Å². The number of carbonyl (C=O) groups is 2. The molecule has 0 bridgehead atoms. The lowest BCUT2D eigenvalue weighted by molar-refractivity contribution is -0.145. The van der Waals surface area contributed by atoms with Crippen LogP contribution in [0.25, 0.3) is 0 Å². The summed E-state index contributed by atoms with van der Waals surface area (Å²) in [5, 5.41) is 21.5. The topological polar surface area (TPSA) is 95.9 Å². The standard InChI is InChI=1S/C15H19NO5/c1-8-5-10(11(6-8)15(19)20)14(18)16-9-3-4-13(21-2)12(17)7-9/h3-4,7-8,10-11,17H,5-6H2,1-2H3,(H,16,18)(H,19,20). The minimum atomic E-state index is -0.933. The van der Waals surface area contributed by atoms with Crippen molar-refractivity contribution in [2.75, 3.05) is 12.4 Å². The van der Waals surface area contributed by atoms with Crippen molar-refractivity contribution in [3.63, 3.8) is 0 Å². The van der Waals surface area contributed by atoms with Crippen LogP contribution >= 0.6 is 0 Å². The van der Waals surface area contributed by atoms with Crippen molar-refractivity contribution in [1.82, 2.24) is 0 Å². The maximum atomic E-state index is 12.3. The lowest BCUT2D eigenvalue weighted by Crippen LogP contribution is -2.29. The maximum absolute atomic E-state index is 12.3. The number of rotatable bonds is 4. The number of ether oxygens (including phenoxy) is 1. The van der Waals surface area contributed by atoms with Crippen LogP contribution in [-0.2, 0) is 9.59 Å². The molecule has 0 saturated heterocycles. The number of hydrogen-bond acceptors (Lipinski definition) is 4. The van der Waals surface area contributed by atoms with E-state index in [0.29, 0.717) is 24.3 Å². The number of nitrogens with one attached hydrogen (secondary N) is 1. The molecule has 3 atom stereocenters. The Morgan fingerprint density at radius 2 is 1.95 bits per heavy atom. The molecule has 1 fully saturated rings. The lowest BCUT2D eigenvalue weighted by Gasteiger charge is -2.16. The predicted octanol–water partition coefficient (Wildman–Crippen LogP) is 2.09. The van der Waals surface area contributed by atoms with E-state index in [2.05, 4.69) is 5.32 Å². The van der Waals surface area contributed by atoms with Gasteiger partial charge in [-0.1, -0.05) is 6.92 Å². The van der Waals surface area contributed by atoms with Crippen molar-refractivity contribution in [3.05, 3.63) is 18.2 Å². The maximum Gasteiger partial charge on any atom is 0.307 e. The molecule has 3 N–H and O–H groups in total. The average Bonchev–Trinajstić information content (AvgIpc) is 2.81. The Morgan fingerprint density at radius 1 is 1.29 bits per heavy atom. The van der Waals surface area contributed by atoms with E-state index in [1.54, 1.807) is 6.07 Å². The van der Waals surface area contributed by atoms with E-state index in [1.807, 2.05) is 6.92 Å². The number of methoxy groups -OCH3 is 1. The number of phenols is 1. The summed E-state index contributed by atoms with van der Waals surface area (Å²) >= 11 is 0. The van der Waals surface area contributed by atoms with Gasteiger partial charge in [-0.2, -0.15) is 0 Å². The van der Waals surface area contributed by atoms with Crippen LogP contribution in [0.2, 0.25) is 0 Å². The minimum absolute atomic E-state index is 0.0788. The van der Waals surface area contributed by atoms with Crippen molar-refractivity contribution < 1.29 is 24.5 Å². The highest BCUT2D eigenvalue weighted by molar-refractivity contribution is 5.95. The monoisotopic (exact) mass is 293 g/mol. The Balaban J connectivity index is 2.10. The number of carboxylic acids is 1. The molecule has 0 aliphatic heterocycles. The van der Waals surface area contributed by atoms with Crippen molar-refractivity contribution in [1.29, 1.82) is 0 Å². The third-order valence-electron chi connectivity index (χ3n) is 3.90. The molecule has 2 rings (SSSR count). The first-order chi connectivity index (χ1) is 9.92. The van der Waals surface area contributed by atoms with Crippen LogP contribution in [-0.4, -0.2) is 29.2 Å². The average molecular weight is 293 g/mol. The second-order valence-electron chi connectivity index (χ2n) is 5.50. The SMILES string of the molecule is COc1ccc(NC(=O)C2CC(C)CC2C(=O)O)cc1O. The van der Waals surface area contributed by atoms with Crippen LogP contribution in [0.3, 0.4) is 0 Å². The summed E-state index contributed by atoms with van der Waals surface area (Å²) in [6.07, 6.45) is 1.08. The molecule has 0 heterocycles. The fourth-order valence-electron chi connectivity index (χ4n) is 2.86. The van der Waals surface area contributed by atoms with Crippen LogP contribution in [0.15, 0.2) is 18.2 Å². The molecule has 114 valence electrons. The van der Waals surface area contributed by atoms with Gasteiger partial charge in [-0.3, -0.25) is 9.59 Å². The number of phenolic OH excluding ortho intramolecular Hbond substituents is 1. The zero-order valence-electron chi connectivity index (χ0n) is 12.0. The molecule has 1 saturated carbocycles. The molecule has 6 nitrogen and oxygen atoms in total. The van der Waals surface area contributed by atoms with Gasteiger partial charge in [0.25, 0.3) is 0 Å². The van der Waals surface area contributed by atoms with E-state index in [-0.39, 0.29) is 17.6 Å². The zero-order chi connectivity index (χ0) is 15.6. The van der Waals surface area contributed by atoms with Gasteiger partial charge in [-0.05, 0) is 30.9 Å². The van der Waals surface area contributed by atoms with Gasteiger partial charge in [0.2, 0.25) is 5.91 Å². The van der Waals surface area contributed by atoms with Crippen molar-refractivity contribution in [3.8, 4) is 11.5 Å². The number of amides is 1. The second-order valence-corrected chi connectivity index (χ2v) is 5.50. The van der Waals surface area contributed by atoms with Gasteiger partial charge < -0.3 is 20.3 Å². The summed E-state index contributed by atoms with van der Waals surface area (Å²) in [4.78, 5) is 23.5. The Morgan fingerprint density at radius 3 is 2.52 bits per heavy atom. The van der Waals surface area contributed by atoms with E-state index >= 15 is 0 Å². The number of hydrogen-bond donors (Lipinski definition) is 3.